The summed E-state index contributed by atoms with van der Waals surface area (Å²) in [5, 5.41) is 13.5. The maximum atomic E-state index is 12.9. The summed E-state index contributed by atoms with van der Waals surface area (Å²) in [5.41, 5.74) is 4.88. The van der Waals surface area contributed by atoms with Crippen molar-refractivity contribution < 1.29 is 4.79 Å². The van der Waals surface area contributed by atoms with E-state index in [1.54, 1.807) is 6.20 Å². The molecule has 1 atom stereocenters. The summed E-state index contributed by atoms with van der Waals surface area (Å²) < 4.78 is 0. The van der Waals surface area contributed by atoms with Crippen LogP contribution < -0.4 is 21.3 Å². The van der Waals surface area contributed by atoms with Gasteiger partial charge < -0.3 is 21.3 Å². The number of hydrogen-bond donors (Lipinski definition) is 4. The molecule has 1 amide bonds. The summed E-state index contributed by atoms with van der Waals surface area (Å²) in [5.74, 6) is 1.07. The monoisotopic (exact) mass is 448 g/mol. The van der Waals surface area contributed by atoms with E-state index in [-0.39, 0.29) is 11.8 Å². The molecule has 8 heteroatoms. The summed E-state index contributed by atoms with van der Waals surface area (Å²) in [6.45, 7) is 1.71. The zero-order chi connectivity index (χ0) is 21.9. The number of benzene rings is 2. The van der Waals surface area contributed by atoms with Crippen LogP contribution in [0.4, 0.5) is 28.8 Å². The summed E-state index contributed by atoms with van der Waals surface area (Å²) in [7, 11) is 0. The van der Waals surface area contributed by atoms with Crippen LogP contribution in [-0.4, -0.2) is 29.0 Å². The molecular weight excluding hydrogens is 424 g/mol. The minimum atomic E-state index is 0.00418. The van der Waals surface area contributed by atoms with Crippen LogP contribution in [0.1, 0.15) is 24.0 Å². The second-order valence-corrected chi connectivity index (χ2v) is 8.65. The Balaban J connectivity index is 1.49. The number of hydrogen-bond acceptors (Lipinski definition) is 6. The standard InChI is InChI=1S/C24H25ClN6O/c25-20-14-27-24-29-18-5-1-3-15(11-18)6-7-16-12-19(28-22(20)31-24)8-9-21(16)30-23(32)17-4-2-10-26-13-17/h1,3,5,8-9,11-12,14,17,26H,2,4,6-7,10,13H2,(H,30,32)(H2,27,28,29,31). The van der Waals surface area contributed by atoms with Gasteiger partial charge in [-0.3, -0.25) is 4.79 Å². The lowest BCUT2D eigenvalue weighted by Crippen LogP contribution is -2.37. The Bertz CT molecular complexity index is 1150. The number of nitrogens with one attached hydrogen (secondary N) is 4. The summed E-state index contributed by atoms with van der Waals surface area (Å²) in [6, 6.07) is 14.1. The molecule has 0 radical (unpaired) electrons. The lowest BCUT2D eigenvalue weighted by Gasteiger charge is -2.23. The van der Waals surface area contributed by atoms with E-state index in [1.807, 2.05) is 24.3 Å². The largest absolute Gasteiger partial charge is 0.339 e. The zero-order valence-electron chi connectivity index (χ0n) is 17.6. The fraction of sp³-hybridized carbons (Fsp3) is 0.292. The van der Waals surface area contributed by atoms with E-state index in [1.165, 1.54) is 5.56 Å². The predicted molar refractivity (Wildman–Crippen MR) is 128 cm³/mol. The molecule has 3 heterocycles. The number of amides is 1. The first kappa shape index (κ1) is 20.7. The molecule has 1 fully saturated rings. The van der Waals surface area contributed by atoms with E-state index in [2.05, 4.69) is 49.4 Å². The highest BCUT2D eigenvalue weighted by atomic mass is 35.5. The molecule has 2 aliphatic rings. The highest BCUT2D eigenvalue weighted by Crippen LogP contribution is 2.30. The Morgan fingerprint density at radius 3 is 2.88 bits per heavy atom. The lowest BCUT2D eigenvalue weighted by atomic mass is 9.97. The van der Waals surface area contributed by atoms with E-state index in [4.69, 9.17) is 11.6 Å². The van der Waals surface area contributed by atoms with E-state index in [0.717, 1.165) is 61.4 Å². The fourth-order valence-electron chi connectivity index (χ4n) is 4.18. The van der Waals surface area contributed by atoms with Crippen molar-refractivity contribution in [3.05, 3.63) is 64.8 Å². The number of aromatic nitrogens is 2. The lowest BCUT2D eigenvalue weighted by molar-refractivity contribution is -0.120. The Morgan fingerprint density at radius 2 is 2.00 bits per heavy atom. The first-order chi connectivity index (χ1) is 15.6. The van der Waals surface area contributed by atoms with Crippen molar-refractivity contribution in [2.45, 2.75) is 25.7 Å². The first-order valence-electron chi connectivity index (χ1n) is 10.9. The molecule has 0 aliphatic carbocycles. The summed E-state index contributed by atoms with van der Waals surface area (Å²) in [6.07, 6.45) is 5.15. The molecule has 6 bridgehead atoms. The van der Waals surface area contributed by atoms with Crippen LogP contribution in [0.25, 0.3) is 0 Å². The van der Waals surface area contributed by atoms with Crippen LogP contribution in [0, 0.1) is 5.92 Å². The molecule has 4 N–H and O–H groups in total. The van der Waals surface area contributed by atoms with E-state index in [0.29, 0.717) is 16.8 Å². The molecule has 2 aromatic carbocycles. The SMILES string of the molecule is O=C(Nc1ccc2cc1CCc1cccc(c1)Nc1ncc(Cl)c(n1)N2)C1CCCNC1. The number of fused-ring (bicyclic) bond motifs is 6. The minimum Gasteiger partial charge on any atom is -0.339 e. The van der Waals surface area contributed by atoms with Crippen molar-refractivity contribution in [2.24, 2.45) is 5.92 Å². The molecule has 7 nitrogen and oxygen atoms in total. The molecule has 2 aliphatic heterocycles. The van der Waals surface area contributed by atoms with Gasteiger partial charge in [0, 0.05) is 23.6 Å². The average Bonchev–Trinajstić information content (AvgIpc) is 2.82. The Labute approximate surface area is 192 Å². The van der Waals surface area contributed by atoms with Crippen LogP contribution in [0.15, 0.2) is 48.7 Å². The smallest absolute Gasteiger partial charge is 0.229 e. The van der Waals surface area contributed by atoms with Crippen LogP contribution >= 0.6 is 11.6 Å². The molecule has 1 saturated heterocycles. The third-order valence-corrected chi connectivity index (χ3v) is 6.18. The first-order valence-corrected chi connectivity index (χ1v) is 11.3. The molecule has 32 heavy (non-hydrogen) atoms. The van der Waals surface area contributed by atoms with Crippen LogP contribution in [0.2, 0.25) is 5.02 Å². The maximum absolute atomic E-state index is 12.9. The zero-order valence-corrected chi connectivity index (χ0v) is 18.4. The fourth-order valence-corrected chi connectivity index (χ4v) is 4.31. The van der Waals surface area contributed by atoms with Gasteiger partial charge in [-0.25, -0.2) is 4.98 Å². The van der Waals surface area contributed by atoms with Gasteiger partial charge in [-0.1, -0.05) is 23.7 Å². The molecule has 3 aromatic rings. The normalized spacial score (nSPS) is 17.6. The number of halogens is 1. The van der Waals surface area contributed by atoms with Gasteiger partial charge in [0.05, 0.1) is 12.1 Å². The highest BCUT2D eigenvalue weighted by molar-refractivity contribution is 6.32. The summed E-state index contributed by atoms with van der Waals surface area (Å²) in [4.78, 5) is 21.7. The van der Waals surface area contributed by atoms with Gasteiger partial charge in [0.15, 0.2) is 5.82 Å². The molecular formula is C24H25ClN6O. The maximum Gasteiger partial charge on any atom is 0.229 e. The van der Waals surface area contributed by atoms with Gasteiger partial charge in [0.25, 0.3) is 0 Å². The number of carbonyl (C=O) groups excluding carboxylic acids is 1. The molecule has 0 saturated carbocycles. The number of piperidine rings is 1. The predicted octanol–water partition coefficient (Wildman–Crippen LogP) is 4.65. The van der Waals surface area contributed by atoms with Crippen molar-refractivity contribution in [2.75, 3.05) is 29.0 Å². The molecule has 164 valence electrons. The third kappa shape index (κ3) is 4.69. The van der Waals surface area contributed by atoms with Crippen molar-refractivity contribution in [3.8, 4) is 0 Å². The second-order valence-electron chi connectivity index (χ2n) is 8.24. The summed E-state index contributed by atoms with van der Waals surface area (Å²) >= 11 is 6.34. The minimum absolute atomic E-state index is 0.00418. The van der Waals surface area contributed by atoms with Crippen LogP contribution in [-0.2, 0) is 17.6 Å². The Kier molecular flexibility index (Phi) is 5.92. The van der Waals surface area contributed by atoms with Crippen molar-refractivity contribution in [3.63, 3.8) is 0 Å². The van der Waals surface area contributed by atoms with Gasteiger partial charge in [0.1, 0.15) is 5.02 Å². The van der Waals surface area contributed by atoms with Gasteiger partial charge in [-0.05, 0) is 73.7 Å². The van der Waals surface area contributed by atoms with Crippen molar-refractivity contribution >= 4 is 46.3 Å². The van der Waals surface area contributed by atoms with Gasteiger partial charge in [-0.15, -0.1) is 0 Å². The molecule has 1 aromatic heterocycles. The number of rotatable bonds is 2. The number of nitrogens with zero attached hydrogens (tertiary/aromatic N) is 2. The number of carbonyl (C=O) groups is 1. The highest BCUT2D eigenvalue weighted by Gasteiger charge is 2.22. The van der Waals surface area contributed by atoms with Gasteiger partial charge in [0.2, 0.25) is 11.9 Å². The van der Waals surface area contributed by atoms with E-state index in [9.17, 15) is 4.79 Å². The quantitative estimate of drug-likeness (QED) is 0.456. The number of anilines is 5. The Hall–Kier alpha value is -3.16. The third-order valence-electron chi connectivity index (χ3n) is 5.90. The van der Waals surface area contributed by atoms with Crippen LogP contribution in [0.5, 0.6) is 0 Å². The van der Waals surface area contributed by atoms with Gasteiger partial charge in [-0.2, -0.15) is 4.98 Å². The second kappa shape index (κ2) is 9.14. The van der Waals surface area contributed by atoms with E-state index >= 15 is 0 Å². The van der Waals surface area contributed by atoms with Gasteiger partial charge >= 0.3 is 0 Å². The Morgan fingerprint density at radius 1 is 1.09 bits per heavy atom. The van der Waals surface area contributed by atoms with Crippen molar-refractivity contribution in [1.82, 2.24) is 15.3 Å². The molecule has 1 unspecified atom stereocenters. The van der Waals surface area contributed by atoms with E-state index < -0.39 is 0 Å². The molecule has 0 spiro atoms. The topological polar surface area (TPSA) is 91.0 Å². The van der Waals surface area contributed by atoms with Crippen LogP contribution in [0.3, 0.4) is 0 Å². The molecule has 5 rings (SSSR count). The average molecular weight is 449 g/mol. The number of aryl methyl sites for hydroxylation is 2. The van der Waals surface area contributed by atoms with Crippen molar-refractivity contribution in [1.29, 1.82) is 0 Å².